The molecule has 0 radical (unpaired) electrons. The lowest BCUT2D eigenvalue weighted by atomic mass is 10.4. The first-order valence-electron chi connectivity index (χ1n) is 3.56. The van der Waals surface area contributed by atoms with Gasteiger partial charge in [0.05, 0.1) is 6.61 Å². The number of rotatable bonds is 6. The minimum absolute atomic E-state index is 0.337. The zero-order chi connectivity index (χ0) is 10.3. The van der Waals surface area contributed by atoms with Gasteiger partial charge in [0.25, 0.3) is 3.67 Å². The third-order valence-corrected chi connectivity index (χ3v) is 4.37. The van der Waals surface area contributed by atoms with Gasteiger partial charge in [-0.3, -0.25) is 0 Å². The second-order valence-electron chi connectivity index (χ2n) is 2.15. The fourth-order valence-electron chi connectivity index (χ4n) is 0.467. The summed E-state index contributed by atoms with van der Waals surface area (Å²) in [5.74, 6) is -0.664. The molecule has 78 valence electrons. The van der Waals surface area contributed by atoms with E-state index in [2.05, 4.69) is 0 Å². The maximum absolute atomic E-state index is 11.2. The molecule has 7 heteroatoms. The topological polar surface area (TPSA) is 26.3 Å². The molecule has 0 unspecified atom stereocenters. The number of hydrogen-bond donors (Lipinski definition) is 0. The summed E-state index contributed by atoms with van der Waals surface area (Å²) >= 11 is 11.2. The molecule has 0 aliphatic rings. The maximum Gasteiger partial charge on any atom is 0.354 e. The largest absolute Gasteiger partial charge is 0.463 e. The number of esters is 1. The van der Waals surface area contributed by atoms with Gasteiger partial charge < -0.3 is 4.74 Å². The van der Waals surface area contributed by atoms with Crippen molar-refractivity contribution >= 4 is 60.7 Å². The van der Waals surface area contributed by atoms with Crippen molar-refractivity contribution in [3.8, 4) is 0 Å². The summed E-state index contributed by atoms with van der Waals surface area (Å²) < 4.78 is 3.19. The molecule has 0 aliphatic carbocycles. The monoisotopic (exact) mass is 282 g/mol. The highest BCUT2D eigenvalue weighted by molar-refractivity contribution is 8.86. The minimum atomic E-state index is -1.61. The van der Waals surface area contributed by atoms with Gasteiger partial charge in [0.15, 0.2) is 0 Å². The Hall–Kier alpha value is 1.04. The third kappa shape index (κ3) is 6.18. The third-order valence-electron chi connectivity index (χ3n) is 1.10. The predicted molar refractivity (Wildman–Crippen MR) is 61.3 cm³/mol. The summed E-state index contributed by atoms with van der Waals surface area (Å²) in [6, 6.07) is 0. The first-order chi connectivity index (χ1) is 6.04. The summed E-state index contributed by atoms with van der Waals surface area (Å²) in [5.41, 5.74) is 0. The molecule has 2 nitrogen and oxygen atoms in total. The average molecular weight is 284 g/mol. The normalized spacial score (nSPS) is 11.4. The van der Waals surface area contributed by atoms with Gasteiger partial charge in [0, 0.05) is 10.0 Å². The van der Waals surface area contributed by atoms with Crippen molar-refractivity contribution in [2.45, 2.75) is 23.4 Å². The molecule has 0 aliphatic heterocycles. The van der Waals surface area contributed by atoms with Gasteiger partial charge in [-0.1, -0.05) is 36.5 Å². The number of alkyl halides is 2. The van der Waals surface area contributed by atoms with Crippen LogP contribution < -0.4 is 0 Å². The Morgan fingerprint density at radius 2 is 2.15 bits per heavy atom. The van der Waals surface area contributed by atoms with Crippen LogP contribution in [0.1, 0.15) is 19.8 Å². The number of hydrogen-bond acceptors (Lipinski definition) is 4. The number of carbonyl (C=O) groups excluding carboxylic acids is 1. The fourth-order valence-corrected chi connectivity index (χ4v) is 3.22. The van der Waals surface area contributed by atoms with E-state index in [0.717, 1.165) is 33.6 Å². The molecule has 0 rings (SSSR count). The Bertz CT molecular complexity index is 166. The van der Waals surface area contributed by atoms with Crippen molar-refractivity contribution in [1.29, 1.82) is 0 Å². The van der Waals surface area contributed by atoms with E-state index in [4.69, 9.17) is 38.6 Å². The molecule has 0 atom stereocenters. The standard InChI is InChI=1S/C6H9Cl3O2S2/c1-2-3-4-11-5(10)6(7,8)12-13-9/h2-4H2,1H3. The van der Waals surface area contributed by atoms with E-state index in [1.54, 1.807) is 0 Å². The molecule has 0 spiro atoms. The number of unbranched alkanes of at least 4 members (excludes halogenated alkanes) is 1. The van der Waals surface area contributed by atoms with Crippen LogP contribution in [-0.4, -0.2) is 16.2 Å². The second kappa shape index (κ2) is 7.35. The highest BCUT2D eigenvalue weighted by atomic mass is 35.7. The molecule has 0 aromatic heterocycles. The van der Waals surface area contributed by atoms with Crippen LogP contribution in [0.25, 0.3) is 0 Å². The van der Waals surface area contributed by atoms with E-state index in [9.17, 15) is 4.79 Å². The van der Waals surface area contributed by atoms with Crippen LogP contribution in [0.15, 0.2) is 0 Å². The second-order valence-corrected chi connectivity index (χ2v) is 6.85. The Morgan fingerprint density at radius 1 is 1.54 bits per heavy atom. The zero-order valence-electron chi connectivity index (χ0n) is 6.89. The Labute approximate surface area is 99.9 Å². The van der Waals surface area contributed by atoms with Crippen LogP contribution in [0, 0.1) is 0 Å². The molecule has 0 heterocycles. The lowest BCUT2D eigenvalue weighted by Gasteiger charge is -2.14. The average Bonchev–Trinajstić information content (AvgIpc) is 2.04. The van der Waals surface area contributed by atoms with Crippen molar-refractivity contribution in [2.75, 3.05) is 6.61 Å². The maximum atomic E-state index is 11.2. The van der Waals surface area contributed by atoms with Gasteiger partial charge in [0.1, 0.15) is 0 Å². The van der Waals surface area contributed by atoms with E-state index in [0.29, 0.717) is 6.61 Å². The van der Waals surface area contributed by atoms with E-state index in [1.165, 1.54) is 0 Å². The first kappa shape index (κ1) is 14.0. The molecule has 0 amide bonds. The zero-order valence-corrected chi connectivity index (χ0v) is 10.8. The fraction of sp³-hybridized carbons (Fsp3) is 0.833. The quantitative estimate of drug-likeness (QED) is 0.319. The SMILES string of the molecule is CCCCOC(=O)C(Cl)(Cl)SSCl. The number of ether oxygens (including phenoxy) is 1. The van der Waals surface area contributed by atoms with Crippen LogP contribution in [0.2, 0.25) is 0 Å². The molecule has 13 heavy (non-hydrogen) atoms. The summed E-state index contributed by atoms with van der Waals surface area (Å²) in [5, 5.41) is 0. The van der Waals surface area contributed by atoms with Crippen LogP contribution >= 0.6 is 54.7 Å². The number of halogens is 3. The Morgan fingerprint density at radius 3 is 2.62 bits per heavy atom. The molecule has 0 N–H and O–H groups in total. The lowest BCUT2D eigenvalue weighted by Crippen LogP contribution is -2.24. The van der Waals surface area contributed by atoms with Gasteiger partial charge in [0.2, 0.25) is 0 Å². The lowest BCUT2D eigenvalue weighted by molar-refractivity contribution is -0.142. The van der Waals surface area contributed by atoms with Gasteiger partial charge in [-0.2, -0.15) is 0 Å². The molecular weight excluding hydrogens is 275 g/mol. The Kier molecular flexibility index (Phi) is 7.93. The van der Waals surface area contributed by atoms with E-state index >= 15 is 0 Å². The van der Waals surface area contributed by atoms with Gasteiger partial charge in [-0.25, -0.2) is 4.79 Å². The van der Waals surface area contributed by atoms with Gasteiger partial charge >= 0.3 is 5.97 Å². The minimum Gasteiger partial charge on any atom is -0.463 e. The molecule has 0 saturated carbocycles. The van der Waals surface area contributed by atoms with Crippen molar-refractivity contribution in [3.63, 3.8) is 0 Å². The van der Waals surface area contributed by atoms with E-state index in [1.807, 2.05) is 6.92 Å². The van der Waals surface area contributed by atoms with E-state index < -0.39 is 9.63 Å². The molecule has 0 aromatic rings. The highest BCUT2D eigenvalue weighted by Crippen LogP contribution is 2.45. The van der Waals surface area contributed by atoms with Crippen LogP contribution in [0.4, 0.5) is 0 Å². The smallest absolute Gasteiger partial charge is 0.354 e. The highest BCUT2D eigenvalue weighted by Gasteiger charge is 2.36. The van der Waals surface area contributed by atoms with Gasteiger partial charge in [-0.15, -0.1) is 0 Å². The molecular formula is C6H9Cl3O2S2. The van der Waals surface area contributed by atoms with Crippen molar-refractivity contribution in [1.82, 2.24) is 0 Å². The molecule has 0 fully saturated rings. The summed E-state index contributed by atoms with van der Waals surface area (Å²) in [7, 11) is 6.93. The van der Waals surface area contributed by atoms with Crippen molar-refractivity contribution in [3.05, 3.63) is 0 Å². The van der Waals surface area contributed by atoms with Gasteiger partial charge in [-0.05, 0) is 27.9 Å². The molecule has 0 saturated heterocycles. The predicted octanol–water partition coefficient (Wildman–Crippen LogP) is 4.00. The van der Waals surface area contributed by atoms with Crippen LogP contribution in [-0.2, 0) is 9.53 Å². The Balaban J connectivity index is 3.80. The van der Waals surface area contributed by atoms with Crippen molar-refractivity contribution in [2.24, 2.45) is 0 Å². The summed E-state index contributed by atoms with van der Waals surface area (Å²) in [6.07, 6.45) is 1.75. The van der Waals surface area contributed by atoms with Crippen molar-refractivity contribution < 1.29 is 9.53 Å². The molecule has 0 bridgehead atoms. The first-order valence-corrected chi connectivity index (χ1v) is 7.29. The van der Waals surface area contributed by atoms with Crippen LogP contribution in [0.3, 0.4) is 0 Å². The molecule has 0 aromatic carbocycles. The van der Waals surface area contributed by atoms with E-state index in [-0.39, 0.29) is 0 Å². The summed E-state index contributed by atoms with van der Waals surface area (Å²) in [6.45, 7) is 2.33. The van der Waals surface area contributed by atoms with Crippen LogP contribution in [0.5, 0.6) is 0 Å². The summed E-state index contributed by atoms with van der Waals surface area (Å²) in [4.78, 5) is 11.2. The number of carbonyl (C=O) groups is 1.